The zero-order chi connectivity index (χ0) is 15.0. The SMILES string of the molecule is CCc1nn(C2CCCCO2)c2cc(C)c([N+](=O)[O-])cc12. The third kappa shape index (κ3) is 2.40. The number of aromatic nitrogens is 2. The molecule has 1 aliphatic rings. The molecule has 0 amide bonds. The number of hydrogen-bond donors (Lipinski definition) is 0. The van der Waals surface area contributed by atoms with Crippen LogP contribution < -0.4 is 0 Å². The van der Waals surface area contributed by atoms with Crippen molar-refractivity contribution in [2.75, 3.05) is 6.61 Å². The Kier molecular flexibility index (Phi) is 3.63. The first-order valence-corrected chi connectivity index (χ1v) is 7.39. The summed E-state index contributed by atoms with van der Waals surface area (Å²) >= 11 is 0. The molecule has 1 saturated heterocycles. The Morgan fingerprint density at radius 2 is 2.29 bits per heavy atom. The molecule has 21 heavy (non-hydrogen) atoms. The fourth-order valence-corrected chi connectivity index (χ4v) is 2.93. The third-order valence-corrected chi connectivity index (χ3v) is 4.06. The third-order valence-electron chi connectivity index (χ3n) is 4.06. The summed E-state index contributed by atoms with van der Waals surface area (Å²) in [5.74, 6) is 0. The number of ether oxygens (including phenoxy) is 1. The first kappa shape index (κ1) is 14.0. The molecule has 1 fully saturated rings. The molecule has 112 valence electrons. The van der Waals surface area contributed by atoms with Gasteiger partial charge in [0.1, 0.15) is 0 Å². The van der Waals surface area contributed by atoms with Gasteiger partial charge in [0.25, 0.3) is 5.69 Å². The van der Waals surface area contributed by atoms with Gasteiger partial charge in [0.15, 0.2) is 6.23 Å². The molecule has 0 spiro atoms. The molecule has 1 aliphatic heterocycles. The fourth-order valence-electron chi connectivity index (χ4n) is 2.93. The molecule has 2 aromatic rings. The molecule has 0 radical (unpaired) electrons. The van der Waals surface area contributed by atoms with Gasteiger partial charge in [-0.3, -0.25) is 10.1 Å². The zero-order valence-corrected chi connectivity index (χ0v) is 12.3. The van der Waals surface area contributed by atoms with Crippen LogP contribution in [-0.2, 0) is 11.2 Å². The summed E-state index contributed by atoms with van der Waals surface area (Å²) in [5.41, 5.74) is 2.64. The average Bonchev–Trinajstić information content (AvgIpc) is 2.84. The molecule has 6 nitrogen and oxygen atoms in total. The summed E-state index contributed by atoms with van der Waals surface area (Å²) in [7, 11) is 0. The second kappa shape index (κ2) is 5.44. The quantitative estimate of drug-likeness (QED) is 0.640. The van der Waals surface area contributed by atoms with Crippen LogP contribution in [0.5, 0.6) is 0 Å². The summed E-state index contributed by atoms with van der Waals surface area (Å²) in [6, 6.07) is 3.51. The highest BCUT2D eigenvalue weighted by Crippen LogP contribution is 2.32. The van der Waals surface area contributed by atoms with Crippen molar-refractivity contribution in [1.29, 1.82) is 0 Å². The molecule has 1 unspecified atom stereocenters. The van der Waals surface area contributed by atoms with Gasteiger partial charge in [-0.05, 0) is 38.7 Å². The van der Waals surface area contributed by atoms with Gasteiger partial charge in [-0.15, -0.1) is 0 Å². The van der Waals surface area contributed by atoms with E-state index < -0.39 is 0 Å². The van der Waals surface area contributed by atoms with Gasteiger partial charge in [0.05, 0.1) is 16.1 Å². The fraction of sp³-hybridized carbons (Fsp3) is 0.533. The van der Waals surface area contributed by atoms with Crippen LogP contribution in [0.2, 0.25) is 0 Å². The predicted octanol–water partition coefficient (Wildman–Crippen LogP) is 3.51. The number of benzene rings is 1. The van der Waals surface area contributed by atoms with Crippen LogP contribution >= 0.6 is 0 Å². The Morgan fingerprint density at radius 3 is 2.90 bits per heavy atom. The van der Waals surface area contributed by atoms with E-state index in [4.69, 9.17) is 4.74 Å². The minimum absolute atomic E-state index is 0.0533. The van der Waals surface area contributed by atoms with Crippen LogP contribution in [0.4, 0.5) is 5.69 Å². The van der Waals surface area contributed by atoms with Gasteiger partial charge in [0, 0.05) is 23.6 Å². The van der Waals surface area contributed by atoms with Gasteiger partial charge in [0.2, 0.25) is 0 Å². The van der Waals surface area contributed by atoms with Crippen LogP contribution in [0.3, 0.4) is 0 Å². The minimum Gasteiger partial charge on any atom is -0.356 e. The van der Waals surface area contributed by atoms with E-state index in [1.165, 1.54) is 0 Å². The molecule has 1 aromatic carbocycles. The van der Waals surface area contributed by atoms with Gasteiger partial charge in [-0.2, -0.15) is 5.10 Å². The second-order valence-electron chi connectivity index (χ2n) is 5.48. The molecule has 2 heterocycles. The summed E-state index contributed by atoms with van der Waals surface area (Å²) in [5, 5.41) is 16.6. The maximum absolute atomic E-state index is 11.1. The molecule has 3 rings (SSSR count). The molecule has 1 aromatic heterocycles. The lowest BCUT2D eigenvalue weighted by molar-refractivity contribution is -0.385. The Bertz CT molecular complexity index is 687. The van der Waals surface area contributed by atoms with E-state index in [1.54, 1.807) is 13.0 Å². The van der Waals surface area contributed by atoms with Crippen LogP contribution in [0, 0.1) is 17.0 Å². The van der Waals surface area contributed by atoms with Crippen molar-refractivity contribution in [1.82, 2.24) is 9.78 Å². The lowest BCUT2D eigenvalue weighted by Gasteiger charge is -2.23. The first-order chi connectivity index (χ1) is 10.1. The van der Waals surface area contributed by atoms with E-state index in [1.807, 2.05) is 17.7 Å². The normalized spacial score (nSPS) is 19.0. The number of fused-ring (bicyclic) bond motifs is 1. The van der Waals surface area contributed by atoms with Crippen molar-refractivity contribution >= 4 is 16.6 Å². The Balaban J connectivity index is 2.17. The topological polar surface area (TPSA) is 70.2 Å². The van der Waals surface area contributed by atoms with E-state index in [0.29, 0.717) is 5.56 Å². The molecule has 0 N–H and O–H groups in total. The maximum Gasteiger partial charge on any atom is 0.273 e. The predicted molar refractivity (Wildman–Crippen MR) is 79.3 cm³/mol. The number of nitro groups is 1. The lowest BCUT2D eigenvalue weighted by atomic mass is 10.1. The van der Waals surface area contributed by atoms with E-state index in [0.717, 1.165) is 48.9 Å². The molecule has 6 heteroatoms. The zero-order valence-electron chi connectivity index (χ0n) is 12.3. The largest absolute Gasteiger partial charge is 0.356 e. The van der Waals surface area contributed by atoms with Crippen molar-refractivity contribution < 1.29 is 9.66 Å². The highest BCUT2D eigenvalue weighted by Gasteiger charge is 2.23. The molecular weight excluding hydrogens is 270 g/mol. The van der Waals surface area contributed by atoms with Crippen molar-refractivity contribution in [3.63, 3.8) is 0 Å². The van der Waals surface area contributed by atoms with Crippen molar-refractivity contribution in [3.05, 3.63) is 33.5 Å². The van der Waals surface area contributed by atoms with Gasteiger partial charge >= 0.3 is 0 Å². The van der Waals surface area contributed by atoms with Crippen LogP contribution in [-0.4, -0.2) is 21.3 Å². The highest BCUT2D eigenvalue weighted by atomic mass is 16.6. The molecular formula is C15H19N3O3. The summed E-state index contributed by atoms with van der Waals surface area (Å²) in [4.78, 5) is 10.8. The van der Waals surface area contributed by atoms with E-state index in [-0.39, 0.29) is 16.8 Å². The lowest BCUT2D eigenvalue weighted by Crippen LogP contribution is -2.19. The van der Waals surface area contributed by atoms with E-state index >= 15 is 0 Å². The van der Waals surface area contributed by atoms with Crippen LogP contribution in [0.15, 0.2) is 12.1 Å². The Hall–Kier alpha value is -1.95. The average molecular weight is 289 g/mol. The number of hydrogen-bond acceptors (Lipinski definition) is 4. The molecule has 1 atom stereocenters. The van der Waals surface area contributed by atoms with Gasteiger partial charge in [-0.25, -0.2) is 4.68 Å². The van der Waals surface area contributed by atoms with Crippen molar-refractivity contribution in [2.45, 2.75) is 45.8 Å². The van der Waals surface area contributed by atoms with Crippen molar-refractivity contribution in [3.8, 4) is 0 Å². The molecule has 0 aliphatic carbocycles. The Labute approximate surface area is 122 Å². The molecule has 0 bridgehead atoms. The Morgan fingerprint density at radius 1 is 1.48 bits per heavy atom. The number of nitro benzene ring substituents is 1. The van der Waals surface area contributed by atoms with Gasteiger partial charge in [-0.1, -0.05) is 6.92 Å². The highest BCUT2D eigenvalue weighted by molar-refractivity contribution is 5.85. The number of nitrogens with zero attached hydrogens (tertiary/aromatic N) is 3. The monoisotopic (exact) mass is 289 g/mol. The summed E-state index contributed by atoms with van der Waals surface area (Å²) in [6.45, 7) is 4.53. The summed E-state index contributed by atoms with van der Waals surface area (Å²) < 4.78 is 7.72. The standard InChI is InChI=1S/C15H19N3O3/c1-3-12-11-9-13(18(19)20)10(2)8-14(11)17(16-12)15-6-4-5-7-21-15/h8-9,15H,3-7H2,1-2H3. The van der Waals surface area contributed by atoms with Crippen LogP contribution in [0.1, 0.15) is 43.7 Å². The number of aryl methyl sites for hydroxylation is 2. The minimum atomic E-state index is -0.331. The van der Waals surface area contributed by atoms with E-state index in [9.17, 15) is 10.1 Å². The smallest absolute Gasteiger partial charge is 0.273 e. The number of rotatable bonds is 3. The van der Waals surface area contributed by atoms with E-state index in [2.05, 4.69) is 5.10 Å². The van der Waals surface area contributed by atoms with Crippen LogP contribution in [0.25, 0.3) is 10.9 Å². The first-order valence-electron chi connectivity index (χ1n) is 7.39. The maximum atomic E-state index is 11.1. The van der Waals surface area contributed by atoms with Crippen molar-refractivity contribution in [2.24, 2.45) is 0 Å². The summed E-state index contributed by atoms with van der Waals surface area (Å²) in [6.07, 6.45) is 3.84. The van der Waals surface area contributed by atoms with Gasteiger partial charge < -0.3 is 4.74 Å². The second-order valence-corrected chi connectivity index (χ2v) is 5.48. The molecule has 0 saturated carbocycles.